The molecular formula is C16H23NO3. The van der Waals surface area contributed by atoms with Crippen LogP contribution in [0.25, 0.3) is 0 Å². The Morgan fingerprint density at radius 1 is 1.40 bits per heavy atom. The average molecular weight is 277 g/mol. The summed E-state index contributed by atoms with van der Waals surface area (Å²) in [6.45, 7) is 6.12. The van der Waals surface area contributed by atoms with E-state index in [1.54, 1.807) is 0 Å². The summed E-state index contributed by atoms with van der Waals surface area (Å²) in [6.07, 6.45) is 2.83. The molecule has 0 aliphatic carbocycles. The number of carboxylic acid groups (broad SMARTS) is 1. The third-order valence-corrected chi connectivity index (χ3v) is 3.88. The monoisotopic (exact) mass is 277 g/mol. The van der Waals surface area contributed by atoms with Gasteiger partial charge in [-0.1, -0.05) is 18.6 Å². The Hall–Kier alpha value is -1.55. The largest absolute Gasteiger partial charge is 0.492 e. The molecule has 1 heterocycles. The normalized spacial score (nSPS) is 19.8. The molecule has 1 aromatic rings. The van der Waals surface area contributed by atoms with E-state index in [-0.39, 0.29) is 6.04 Å². The molecule has 0 aromatic heterocycles. The summed E-state index contributed by atoms with van der Waals surface area (Å²) in [6, 6.07) is 5.80. The van der Waals surface area contributed by atoms with Gasteiger partial charge in [0.1, 0.15) is 18.4 Å². The molecule has 1 unspecified atom stereocenters. The lowest BCUT2D eigenvalue weighted by Crippen LogP contribution is -2.46. The molecule has 1 aliphatic heterocycles. The number of aliphatic carboxylic acids is 1. The highest BCUT2D eigenvalue weighted by Gasteiger charge is 2.27. The van der Waals surface area contributed by atoms with E-state index in [0.29, 0.717) is 13.2 Å². The van der Waals surface area contributed by atoms with Crippen LogP contribution in [0.5, 0.6) is 5.75 Å². The molecule has 110 valence electrons. The van der Waals surface area contributed by atoms with Gasteiger partial charge < -0.3 is 9.84 Å². The quantitative estimate of drug-likeness (QED) is 0.899. The summed E-state index contributed by atoms with van der Waals surface area (Å²) >= 11 is 0. The molecule has 0 bridgehead atoms. The van der Waals surface area contributed by atoms with E-state index in [9.17, 15) is 9.90 Å². The van der Waals surface area contributed by atoms with Crippen molar-refractivity contribution < 1.29 is 14.6 Å². The minimum atomic E-state index is -0.712. The van der Waals surface area contributed by atoms with E-state index in [0.717, 1.165) is 37.1 Å². The first-order valence-corrected chi connectivity index (χ1v) is 7.25. The van der Waals surface area contributed by atoms with E-state index < -0.39 is 5.97 Å². The predicted octanol–water partition coefficient (Wildman–Crippen LogP) is 2.62. The molecule has 1 saturated heterocycles. The molecule has 0 spiro atoms. The van der Waals surface area contributed by atoms with E-state index >= 15 is 0 Å². The van der Waals surface area contributed by atoms with Crippen molar-refractivity contribution in [3.8, 4) is 5.75 Å². The number of hydrogen-bond acceptors (Lipinski definition) is 3. The number of rotatable bonds is 5. The first-order valence-electron chi connectivity index (χ1n) is 7.25. The van der Waals surface area contributed by atoms with E-state index in [1.807, 2.05) is 30.9 Å². The summed E-state index contributed by atoms with van der Waals surface area (Å²) in [5.41, 5.74) is 2.29. The maximum Gasteiger partial charge on any atom is 0.320 e. The molecule has 1 aliphatic rings. The molecule has 1 atom stereocenters. The Balaban J connectivity index is 1.88. The second kappa shape index (κ2) is 6.75. The highest BCUT2D eigenvalue weighted by molar-refractivity contribution is 5.73. The Morgan fingerprint density at radius 3 is 2.95 bits per heavy atom. The molecule has 4 heteroatoms. The van der Waals surface area contributed by atoms with Gasteiger partial charge in [0.2, 0.25) is 0 Å². The molecule has 0 amide bonds. The molecule has 4 nitrogen and oxygen atoms in total. The van der Waals surface area contributed by atoms with Gasteiger partial charge in [0.15, 0.2) is 0 Å². The summed E-state index contributed by atoms with van der Waals surface area (Å²) in [5, 5.41) is 9.22. The van der Waals surface area contributed by atoms with Crippen molar-refractivity contribution in [3.05, 3.63) is 29.3 Å². The van der Waals surface area contributed by atoms with Gasteiger partial charge in [0.05, 0.1) is 0 Å². The lowest BCUT2D eigenvalue weighted by molar-refractivity contribution is -0.144. The minimum Gasteiger partial charge on any atom is -0.492 e. The Kier molecular flexibility index (Phi) is 5.01. The van der Waals surface area contributed by atoms with Crippen LogP contribution in [0.4, 0.5) is 0 Å². The van der Waals surface area contributed by atoms with Crippen molar-refractivity contribution >= 4 is 5.97 Å². The molecule has 1 N–H and O–H groups in total. The number of nitrogens with zero attached hydrogens (tertiary/aromatic N) is 1. The standard InChI is InChI=1S/C16H23NO3/c1-12-6-7-13(2)15(11-12)20-10-9-17-8-4-3-5-14(17)16(18)19/h6-7,11,14H,3-5,8-10H2,1-2H3,(H,18,19). The molecular weight excluding hydrogens is 254 g/mol. The number of likely N-dealkylation sites (tertiary alicyclic amines) is 1. The number of carbonyl (C=O) groups is 1. The second-order valence-electron chi connectivity index (χ2n) is 5.50. The predicted molar refractivity (Wildman–Crippen MR) is 78.3 cm³/mol. The van der Waals surface area contributed by atoms with Gasteiger partial charge in [-0.25, -0.2) is 0 Å². The highest BCUT2D eigenvalue weighted by Crippen LogP contribution is 2.20. The van der Waals surface area contributed by atoms with Crippen molar-refractivity contribution in [2.45, 2.75) is 39.2 Å². The summed E-state index contributed by atoms with van der Waals surface area (Å²) in [7, 11) is 0. The SMILES string of the molecule is Cc1ccc(C)c(OCCN2CCCCC2C(=O)O)c1. The fourth-order valence-corrected chi connectivity index (χ4v) is 2.67. The van der Waals surface area contributed by atoms with Gasteiger partial charge in [-0.05, 0) is 50.4 Å². The van der Waals surface area contributed by atoms with Crippen LogP contribution < -0.4 is 4.74 Å². The van der Waals surface area contributed by atoms with Gasteiger partial charge in [0, 0.05) is 6.54 Å². The highest BCUT2D eigenvalue weighted by atomic mass is 16.5. The maximum absolute atomic E-state index is 11.2. The van der Waals surface area contributed by atoms with Crippen LogP contribution in [-0.2, 0) is 4.79 Å². The van der Waals surface area contributed by atoms with Crippen molar-refractivity contribution in [2.24, 2.45) is 0 Å². The fourth-order valence-electron chi connectivity index (χ4n) is 2.67. The molecule has 2 rings (SSSR count). The molecule has 1 fully saturated rings. The number of aryl methyl sites for hydroxylation is 2. The minimum absolute atomic E-state index is 0.342. The first kappa shape index (κ1) is 14.9. The number of piperidine rings is 1. The van der Waals surface area contributed by atoms with Gasteiger partial charge in [-0.2, -0.15) is 0 Å². The zero-order valence-corrected chi connectivity index (χ0v) is 12.3. The first-order chi connectivity index (χ1) is 9.58. The van der Waals surface area contributed by atoms with Gasteiger partial charge in [0.25, 0.3) is 0 Å². The number of carboxylic acids is 1. The van der Waals surface area contributed by atoms with Crippen LogP contribution in [0, 0.1) is 13.8 Å². The van der Waals surface area contributed by atoms with Crippen LogP contribution in [-0.4, -0.2) is 41.7 Å². The maximum atomic E-state index is 11.2. The zero-order valence-electron chi connectivity index (χ0n) is 12.3. The average Bonchev–Trinajstić information content (AvgIpc) is 2.43. The number of benzene rings is 1. The van der Waals surface area contributed by atoms with Crippen LogP contribution >= 0.6 is 0 Å². The third kappa shape index (κ3) is 3.73. The lowest BCUT2D eigenvalue weighted by atomic mass is 10.0. The van der Waals surface area contributed by atoms with Crippen LogP contribution in [0.2, 0.25) is 0 Å². The van der Waals surface area contributed by atoms with Crippen LogP contribution in [0.3, 0.4) is 0 Å². The Labute approximate surface area is 120 Å². The van der Waals surface area contributed by atoms with Crippen molar-refractivity contribution in [2.75, 3.05) is 19.7 Å². The smallest absolute Gasteiger partial charge is 0.320 e. The molecule has 0 radical (unpaired) electrons. The van der Waals surface area contributed by atoms with Crippen molar-refractivity contribution in [1.29, 1.82) is 0 Å². The van der Waals surface area contributed by atoms with Crippen LogP contribution in [0.15, 0.2) is 18.2 Å². The molecule has 20 heavy (non-hydrogen) atoms. The Morgan fingerprint density at radius 2 is 2.20 bits per heavy atom. The third-order valence-electron chi connectivity index (χ3n) is 3.88. The van der Waals surface area contributed by atoms with E-state index in [1.165, 1.54) is 5.56 Å². The number of hydrogen-bond donors (Lipinski definition) is 1. The zero-order chi connectivity index (χ0) is 14.5. The van der Waals surface area contributed by atoms with E-state index in [4.69, 9.17) is 4.74 Å². The lowest BCUT2D eigenvalue weighted by Gasteiger charge is -2.32. The Bertz CT molecular complexity index is 473. The molecule has 1 aromatic carbocycles. The summed E-state index contributed by atoms with van der Waals surface area (Å²) < 4.78 is 5.81. The molecule has 0 saturated carbocycles. The number of ether oxygens (including phenoxy) is 1. The second-order valence-corrected chi connectivity index (χ2v) is 5.50. The van der Waals surface area contributed by atoms with Gasteiger partial charge in [-0.3, -0.25) is 9.69 Å². The van der Waals surface area contributed by atoms with Gasteiger partial charge in [-0.15, -0.1) is 0 Å². The van der Waals surface area contributed by atoms with E-state index in [2.05, 4.69) is 6.07 Å². The van der Waals surface area contributed by atoms with Gasteiger partial charge >= 0.3 is 5.97 Å². The summed E-state index contributed by atoms with van der Waals surface area (Å²) in [5.74, 6) is 0.185. The summed E-state index contributed by atoms with van der Waals surface area (Å²) in [4.78, 5) is 13.2. The topological polar surface area (TPSA) is 49.8 Å². The van der Waals surface area contributed by atoms with Crippen molar-refractivity contribution in [3.63, 3.8) is 0 Å². The van der Waals surface area contributed by atoms with Crippen molar-refractivity contribution in [1.82, 2.24) is 4.90 Å². The van der Waals surface area contributed by atoms with Crippen LogP contribution in [0.1, 0.15) is 30.4 Å². The fraction of sp³-hybridized carbons (Fsp3) is 0.562.